The van der Waals surface area contributed by atoms with E-state index in [0.29, 0.717) is 27.1 Å². The summed E-state index contributed by atoms with van der Waals surface area (Å²) in [5.41, 5.74) is 6.21. The van der Waals surface area contributed by atoms with Crippen LogP contribution in [0.5, 0.6) is 11.5 Å². The van der Waals surface area contributed by atoms with Crippen molar-refractivity contribution in [3.8, 4) is 11.5 Å². The van der Waals surface area contributed by atoms with E-state index in [9.17, 15) is 4.79 Å². The Balaban J connectivity index is 2.32. The summed E-state index contributed by atoms with van der Waals surface area (Å²) in [7, 11) is 1.32. The molecule has 0 bridgehead atoms. The summed E-state index contributed by atoms with van der Waals surface area (Å²) in [5, 5.41) is 2.25. The number of ether oxygens (including phenoxy) is 2. The number of nitrogens with two attached hydrogens (primary N) is 1. The molecule has 2 aromatic rings. The van der Waals surface area contributed by atoms with Crippen molar-refractivity contribution in [1.29, 1.82) is 0 Å². The number of methoxy groups -OCH3 is 1. The molecule has 6 heteroatoms. The highest BCUT2D eigenvalue weighted by Gasteiger charge is 2.16. The number of rotatable bonds is 3. The van der Waals surface area contributed by atoms with E-state index in [1.807, 2.05) is 0 Å². The number of esters is 1. The first kappa shape index (κ1) is 12.7. The third kappa shape index (κ3) is 2.57. The van der Waals surface area contributed by atoms with Crippen molar-refractivity contribution in [1.82, 2.24) is 0 Å². The molecule has 1 aromatic carbocycles. The summed E-state index contributed by atoms with van der Waals surface area (Å²) in [6, 6.07) is 6.58. The number of benzene rings is 1. The van der Waals surface area contributed by atoms with Crippen LogP contribution in [0.15, 0.2) is 29.6 Å². The van der Waals surface area contributed by atoms with Gasteiger partial charge in [-0.15, -0.1) is 11.3 Å². The molecule has 2 N–H and O–H groups in total. The van der Waals surface area contributed by atoms with Crippen LogP contribution in [0.2, 0.25) is 5.02 Å². The van der Waals surface area contributed by atoms with Gasteiger partial charge in [0.15, 0.2) is 16.4 Å². The summed E-state index contributed by atoms with van der Waals surface area (Å²) < 4.78 is 10.2. The molecule has 0 unspecified atom stereocenters. The van der Waals surface area contributed by atoms with E-state index >= 15 is 0 Å². The van der Waals surface area contributed by atoms with Gasteiger partial charge < -0.3 is 15.2 Å². The van der Waals surface area contributed by atoms with Crippen LogP contribution in [-0.4, -0.2) is 13.1 Å². The van der Waals surface area contributed by atoms with Crippen LogP contribution in [0.3, 0.4) is 0 Å². The summed E-state index contributed by atoms with van der Waals surface area (Å²) >= 11 is 7.10. The quantitative estimate of drug-likeness (QED) is 0.691. The number of hydrogen-bond donors (Lipinski definition) is 1. The molecular formula is C12H10ClNO3S. The number of halogens is 1. The number of carbonyl (C=O) groups is 1. The number of nitrogen functional groups attached to an aromatic ring is 1. The van der Waals surface area contributed by atoms with Crippen LogP contribution >= 0.6 is 22.9 Å². The summed E-state index contributed by atoms with van der Waals surface area (Å²) in [6.45, 7) is 0. The Morgan fingerprint density at radius 2 is 2.11 bits per heavy atom. The number of carbonyl (C=O) groups excluding carboxylic acids is 1. The summed E-state index contributed by atoms with van der Waals surface area (Å²) in [5.74, 6) is 0.368. The van der Waals surface area contributed by atoms with Gasteiger partial charge in [0.2, 0.25) is 0 Å². The molecule has 18 heavy (non-hydrogen) atoms. The third-order valence-electron chi connectivity index (χ3n) is 2.20. The zero-order valence-corrected chi connectivity index (χ0v) is 11.0. The first-order valence-electron chi connectivity index (χ1n) is 5.00. The molecule has 2 rings (SSSR count). The Morgan fingerprint density at radius 1 is 1.33 bits per heavy atom. The fraction of sp³-hybridized carbons (Fsp3) is 0.0833. The Kier molecular flexibility index (Phi) is 3.74. The molecule has 1 aromatic heterocycles. The minimum Gasteiger partial charge on any atom is -0.465 e. The molecule has 0 aliphatic carbocycles. The van der Waals surface area contributed by atoms with Gasteiger partial charge in [-0.25, -0.2) is 4.79 Å². The summed E-state index contributed by atoms with van der Waals surface area (Å²) in [6.07, 6.45) is 0. The predicted octanol–water partition coefficient (Wildman–Crippen LogP) is 3.56. The monoisotopic (exact) mass is 283 g/mol. The van der Waals surface area contributed by atoms with Crippen LogP contribution in [0.1, 0.15) is 9.67 Å². The average Bonchev–Trinajstić information content (AvgIpc) is 2.81. The van der Waals surface area contributed by atoms with E-state index in [1.165, 1.54) is 18.4 Å². The lowest BCUT2D eigenvalue weighted by Crippen LogP contribution is -2.00. The second-order valence-corrected chi connectivity index (χ2v) is 4.74. The Bertz CT molecular complexity index is 582. The zero-order chi connectivity index (χ0) is 13.1. The number of thiophene rings is 1. The maximum Gasteiger partial charge on any atom is 0.351 e. The molecule has 0 amide bonds. The standard InChI is InChI=1S/C12H10ClNO3S/c1-16-12(15)11-9(4-5-18-11)17-10-6-7(13)2-3-8(10)14/h2-6H,14H2,1H3. The van der Waals surface area contributed by atoms with Gasteiger partial charge >= 0.3 is 5.97 Å². The topological polar surface area (TPSA) is 61.5 Å². The van der Waals surface area contributed by atoms with Gasteiger partial charge in [0.25, 0.3) is 0 Å². The molecule has 0 aliphatic heterocycles. The van der Waals surface area contributed by atoms with Gasteiger partial charge in [-0.05, 0) is 23.6 Å². The first-order chi connectivity index (χ1) is 8.61. The highest BCUT2D eigenvalue weighted by Crippen LogP contribution is 2.34. The highest BCUT2D eigenvalue weighted by molar-refractivity contribution is 7.12. The van der Waals surface area contributed by atoms with Crippen molar-refractivity contribution >= 4 is 34.6 Å². The SMILES string of the molecule is COC(=O)c1sccc1Oc1cc(Cl)ccc1N. The van der Waals surface area contributed by atoms with E-state index in [-0.39, 0.29) is 0 Å². The second-order valence-electron chi connectivity index (χ2n) is 3.39. The maximum atomic E-state index is 11.5. The van der Waals surface area contributed by atoms with Crippen molar-refractivity contribution in [2.75, 3.05) is 12.8 Å². The van der Waals surface area contributed by atoms with Gasteiger partial charge in [-0.2, -0.15) is 0 Å². The van der Waals surface area contributed by atoms with E-state index in [1.54, 1.807) is 29.6 Å². The van der Waals surface area contributed by atoms with E-state index in [0.717, 1.165) is 0 Å². The summed E-state index contributed by atoms with van der Waals surface area (Å²) in [4.78, 5) is 11.9. The highest BCUT2D eigenvalue weighted by atomic mass is 35.5. The van der Waals surface area contributed by atoms with Crippen molar-refractivity contribution in [3.05, 3.63) is 39.5 Å². The van der Waals surface area contributed by atoms with Crippen molar-refractivity contribution in [2.45, 2.75) is 0 Å². The molecule has 0 radical (unpaired) electrons. The number of anilines is 1. The lowest BCUT2D eigenvalue weighted by molar-refractivity contribution is 0.0604. The van der Waals surface area contributed by atoms with Crippen molar-refractivity contribution in [2.24, 2.45) is 0 Å². The minimum atomic E-state index is -0.444. The van der Waals surface area contributed by atoms with Gasteiger partial charge in [0.1, 0.15) is 0 Å². The first-order valence-corrected chi connectivity index (χ1v) is 6.26. The van der Waals surface area contributed by atoms with E-state index < -0.39 is 5.97 Å². The molecular weight excluding hydrogens is 274 g/mol. The molecule has 0 aliphatic rings. The van der Waals surface area contributed by atoms with Gasteiger partial charge in [0.05, 0.1) is 12.8 Å². The smallest absolute Gasteiger partial charge is 0.351 e. The van der Waals surface area contributed by atoms with Gasteiger partial charge in [-0.3, -0.25) is 0 Å². The number of hydrogen-bond acceptors (Lipinski definition) is 5. The predicted molar refractivity (Wildman–Crippen MR) is 71.6 cm³/mol. The van der Waals surface area contributed by atoms with Crippen LogP contribution in [-0.2, 0) is 4.74 Å². The molecule has 0 saturated heterocycles. The largest absolute Gasteiger partial charge is 0.465 e. The normalized spacial score (nSPS) is 10.1. The van der Waals surface area contributed by atoms with Gasteiger partial charge in [-0.1, -0.05) is 11.6 Å². The minimum absolute atomic E-state index is 0.386. The van der Waals surface area contributed by atoms with Crippen LogP contribution in [0.4, 0.5) is 5.69 Å². The zero-order valence-electron chi connectivity index (χ0n) is 9.48. The molecule has 0 atom stereocenters. The lowest BCUT2D eigenvalue weighted by Gasteiger charge is -2.08. The van der Waals surface area contributed by atoms with Crippen LogP contribution in [0, 0.1) is 0 Å². The fourth-order valence-electron chi connectivity index (χ4n) is 1.33. The average molecular weight is 284 g/mol. The van der Waals surface area contributed by atoms with Gasteiger partial charge in [0, 0.05) is 11.1 Å². The van der Waals surface area contributed by atoms with Crippen LogP contribution in [0.25, 0.3) is 0 Å². The molecule has 1 heterocycles. The maximum absolute atomic E-state index is 11.5. The Morgan fingerprint density at radius 3 is 2.83 bits per heavy atom. The van der Waals surface area contributed by atoms with E-state index in [4.69, 9.17) is 22.1 Å². The molecule has 4 nitrogen and oxygen atoms in total. The van der Waals surface area contributed by atoms with Crippen molar-refractivity contribution < 1.29 is 14.3 Å². The third-order valence-corrected chi connectivity index (χ3v) is 3.31. The molecule has 94 valence electrons. The second kappa shape index (κ2) is 5.29. The Hall–Kier alpha value is -1.72. The molecule has 0 fully saturated rings. The molecule has 0 saturated carbocycles. The lowest BCUT2D eigenvalue weighted by atomic mass is 10.3. The Labute approximate surface area is 113 Å². The van der Waals surface area contributed by atoms with Crippen molar-refractivity contribution in [3.63, 3.8) is 0 Å². The van der Waals surface area contributed by atoms with E-state index in [2.05, 4.69) is 4.74 Å². The molecule has 0 spiro atoms. The fourth-order valence-corrected chi connectivity index (χ4v) is 2.23. The van der Waals surface area contributed by atoms with Crippen LogP contribution < -0.4 is 10.5 Å².